The highest BCUT2D eigenvalue weighted by Crippen LogP contribution is 2.47. The van der Waals surface area contributed by atoms with E-state index in [9.17, 15) is 0 Å². The van der Waals surface area contributed by atoms with Crippen LogP contribution in [0.2, 0.25) is 0 Å². The van der Waals surface area contributed by atoms with E-state index in [1.54, 1.807) is 30.2 Å². The van der Waals surface area contributed by atoms with E-state index >= 15 is 0 Å². The van der Waals surface area contributed by atoms with Crippen LogP contribution in [0.15, 0.2) is 50.2 Å². The Bertz CT molecular complexity index is 554. The summed E-state index contributed by atoms with van der Waals surface area (Å²) in [5, 5.41) is 6.64. The number of fused-ring (bicyclic) bond motifs is 1. The molecule has 1 aliphatic rings. The highest BCUT2D eigenvalue weighted by Gasteiger charge is 2.14. The number of thioether (sulfide) groups is 2. The minimum absolute atomic E-state index is 0.902. The average molecular weight is 278 g/mol. The van der Waals surface area contributed by atoms with Gasteiger partial charge in [0.2, 0.25) is 0 Å². The number of hydrogen-bond acceptors (Lipinski definition) is 4. The highest BCUT2D eigenvalue weighted by molar-refractivity contribution is 8.12. The fourth-order valence-corrected chi connectivity index (χ4v) is 4.84. The standard InChI is InChI=1S/C13H10OS3/c1-14-10-4-2-9(3-5-10)11-8-16-12-6-15-7-13(12)17-11/h2-8H,1H3. The summed E-state index contributed by atoms with van der Waals surface area (Å²) in [6, 6.07) is 8.22. The molecule has 1 aromatic heterocycles. The van der Waals surface area contributed by atoms with E-state index in [-0.39, 0.29) is 0 Å². The summed E-state index contributed by atoms with van der Waals surface area (Å²) in [6.07, 6.45) is 0. The lowest BCUT2D eigenvalue weighted by Crippen LogP contribution is -1.86. The second-order valence-electron chi connectivity index (χ2n) is 3.53. The van der Waals surface area contributed by atoms with Crippen LogP contribution in [0.3, 0.4) is 0 Å². The van der Waals surface area contributed by atoms with Gasteiger partial charge in [0.25, 0.3) is 0 Å². The molecule has 17 heavy (non-hydrogen) atoms. The Hall–Kier alpha value is -0.840. The Kier molecular flexibility index (Phi) is 3.18. The van der Waals surface area contributed by atoms with E-state index in [2.05, 4.69) is 28.3 Å². The smallest absolute Gasteiger partial charge is 0.118 e. The van der Waals surface area contributed by atoms with Gasteiger partial charge in [0.1, 0.15) is 5.75 Å². The van der Waals surface area contributed by atoms with E-state index in [1.807, 2.05) is 23.9 Å². The first-order valence-electron chi connectivity index (χ1n) is 5.12. The maximum absolute atomic E-state index is 5.17. The maximum Gasteiger partial charge on any atom is 0.118 e. The molecule has 0 saturated heterocycles. The van der Waals surface area contributed by atoms with Gasteiger partial charge in [-0.1, -0.05) is 35.7 Å². The van der Waals surface area contributed by atoms with Crippen LogP contribution in [0.1, 0.15) is 5.56 Å². The molecule has 0 atom stereocenters. The molecule has 0 amide bonds. The van der Waals surface area contributed by atoms with Crippen molar-refractivity contribution in [3.05, 3.63) is 46.0 Å². The van der Waals surface area contributed by atoms with Gasteiger partial charge in [0.15, 0.2) is 0 Å². The van der Waals surface area contributed by atoms with Crippen molar-refractivity contribution >= 4 is 39.8 Å². The predicted octanol–water partition coefficient (Wildman–Crippen LogP) is 4.95. The van der Waals surface area contributed by atoms with E-state index < -0.39 is 0 Å². The van der Waals surface area contributed by atoms with Crippen LogP contribution in [0.4, 0.5) is 0 Å². The summed E-state index contributed by atoms with van der Waals surface area (Å²) in [5.41, 5.74) is 1.25. The first-order chi connectivity index (χ1) is 8.36. The molecule has 86 valence electrons. The molecule has 0 spiro atoms. The number of hydrogen-bond donors (Lipinski definition) is 0. The van der Waals surface area contributed by atoms with Crippen LogP contribution in [-0.4, -0.2) is 7.11 Å². The van der Waals surface area contributed by atoms with Crippen molar-refractivity contribution in [3.63, 3.8) is 0 Å². The third-order valence-corrected chi connectivity index (χ3v) is 5.88. The van der Waals surface area contributed by atoms with Gasteiger partial charge in [0, 0.05) is 25.5 Å². The summed E-state index contributed by atoms with van der Waals surface area (Å²) in [7, 11) is 1.69. The normalized spacial score (nSPS) is 14.1. The average Bonchev–Trinajstić information content (AvgIpc) is 2.86. The van der Waals surface area contributed by atoms with E-state index in [4.69, 9.17) is 4.74 Å². The molecule has 0 bridgehead atoms. The summed E-state index contributed by atoms with van der Waals surface area (Å²) in [5.74, 6) is 0.902. The number of ether oxygens (including phenoxy) is 1. The Morgan fingerprint density at radius 1 is 1.00 bits per heavy atom. The zero-order chi connectivity index (χ0) is 11.7. The van der Waals surface area contributed by atoms with Crippen molar-refractivity contribution < 1.29 is 4.74 Å². The fraction of sp³-hybridized carbons (Fsp3) is 0.0769. The van der Waals surface area contributed by atoms with Crippen molar-refractivity contribution in [2.75, 3.05) is 7.11 Å². The first kappa shape index (κ1) is 11.3. The van der Waals surface area contributed by atoms with Crippen LogP contribution < -0.4 is 4.74 Å². The molecular formula is C13H10OS3. The van der Waals surface area contributed by atoms with Crippen molar-refractivity contribution in [1.82, 2.24) is 0 Å². The Labute approximate surface area is 113 Å². The van der Waals surface area contributed by atoms with Crippen molar-refractivity contribution in [2.45, 2.75) is 9.79 Å². The second kappa shape index (κ2) is 4.80. The second-order valence-corrected chi connectivity index (χ2v) is 6.27. The van der Waals surface area contributed by atoms with Crippen molar-refractivity contribution in [1.29, 1.82) is 0 Å². The molecule has 3 rings (SSSR count). The van der Waals surface area contributed by atoms with Gasteiger partial charge in [-0.05, 0) is 23.1 Å². The van der Waals surface area contributed by atoms with Gasteiger partial charge >= 0.3 is 0 Å². The number of rotatable bonds is 2. The van der Waals surface area contributed by atoms with Gasteiger partial charge in [-0.15, -0.1) is 0 Å². The van der Waals surface area contributed by atoms with Crippen LogP contribution >= 0.6 is 34.9 Å². The summed E-state index contributed by atoms with van der Waals surface area (Å²) in [4.78, 5) is 4.05. The lowest BCUT2D eigenvalue weighted by molar-refractivity contribution is 0.415. The topological polar surface area (TPSA) is 9.23 Å². The molecule has 2 aromatic rings. The summed E-state index contributed by atoms with van der Waals surface area (Å²) in [6.45, 7) is 0. The Morgan fingerprint density at radius 3 is 2.53 bits per heavy atom. The van der Waals surface area contributed by atoms with Crippen LogP contribution in [0.25, 0.3) is 4.91 Å². The third kappa shape index (κ3) is 2.25. The van der Waals surface area contributed by atoms with Gasteiger partial charge < -0.3 is 4.74 Å². The van der Waals surface area contributed by atoms with Crippen LogP contribution in [0, 0.1) is 0 Å². The molecule has 2 heterocycles. The molecular weight excluding hydrogens is 268 g/mol. The quantitative estimate of drug-likeness (QED) is 0.769. The van der Waals surface area contributed by atoms with Crippen LogP contribution in [-0.2, 0) is 0 Å². The number of thiophene rings is 1. The van der Waals surface area contributed by atoms with E-state index in [1.165, 1.54) is 20.3 Å². The minimum atomic E-state index is 0.902. The molecule has 1 aromatic carbocycles. The van der Waals surface area contributed by atoms with Crippen molar-refractivity contribution in [3.8, 4) is 5.75 Å². The number of benzene rings is 1. The first-order valence-corrected chi connectivity index (χ1v) is 7.76. The van der Waals surface area contributed by atoms with Crippen molar-refractivity contribution in [2.24, 2.45) is 0 Å². The lowest BCUT2D eigenvalue weighted by Gasteiger charge is -2.12. The fourth-order valence-electron chi connectivity index (χ4n) is 1.58. The SMILES string of the molecule is COc1ccc(C2=CSc3cscc3S2)cc1. The molecule has 4 heteroatoms. The summed E-state index contributed by atoms with van der Waals surface area (Å²) >= 11 is 5.41. The molecule has 1 nitrogen and oxygen atoms in total. The lowest BCUT2D eigenvalue weighted by atomic mass is 10.2. The Balaban J connectivity index is 1.87. The molecule has 0 saturated carbocycles. The van der Waals surface area contributed by atoms with Gasteiger partial charge in [0.05, 0.1) is 7.11 Å². The molecule has 0 aliphatic carbocycles. The zero-order valence-electron chi connectivity index (χ0n) is 9.17. The predicted molar refractivity (Wildman–Crippen MR) is 77.0 cm³/mol. The minimum Gasteiger partial charge on any atom is -0.497 e. The molecule has 1 aliphatic heterocycles. The monoisotopic (exact) mass is 278 g/mol. The van der Waals surface area contributed by atoms with Gasteiger partial charge in [-0.3, -0.25) is 0 Å². The van der Waals surface area contributed by atoms with Gasteiger partial charge in [-0.2, -0.15) is 11.3 Å². The Morgan fingerprint density at radius 2 is 1.76 bits per heavy atom. The van der Waals surface area contributed by atoms with E-state index in [0.29, 0.717) is 0 Å². The number of methoxy groups -OCH3 is 1. The third-order valence-electron chi connectivity index (χ3n) is 2.48. The molecule has 0 fully saturated rings. The van der Waals surface area contributed by atoms with E-state index in [0.717, 1.165) is 5.75 Å². The van der Waals surface area contributed by atoms with Crippen LogP contribution in [0.5, 0.6) is 5.75 Å². The maximum atomic E-state index is 5.17. The highest BCUT2D eigenvalue weighted by atomic mass is 32.2. The zero-order valence-corrected chi connectivity index (χ0v) is 11.6. The molecule has 0 radical (unpaired) electrons. The molecule has 0 unspecified atom stereocenters. The van der Waals surface area contributed by atoms with Gasteiger partial charge in [-0.25, -0.2) is 0 Å². The molecule has 0 N–H and O–H groups in total. The summed E-state index contributed by atoms with van der Waals surface area (Å²) < 4.78 is 5.17. The largest absolute Gasteiger partial charge is 0.497 e.